The lowest BCUT2D eigenvalue weighted by molar-refractivity contribution is -0.116. The number of para-hydroxylation sites is 2. The highest BCUT2D eigenvalue weighted by Crippen LogP contribution is 2.33. The van der Waals surface area contributed by atoms with Crippen molar-refractivity contribution in [1.29, 1.82) is 0 Å². The fourth-order valence-electron chi connectivity index (χ4n) is 4.05. The number of anilines is 4. The van der Waals surface area contributed by atoms with Gasteiger partial charge in [-0.1, -0.05) is 65.7 Å². The van der Waals surface area contributed by atoms with Crippen molar-refractivity contribution >= 4 is 86.7 Å². The zero-order chi connectivity index (χ0) is 34.1. The second-order valence-electron chi connectivity index (χ2n) is 9.77. The molecule has 2 amide bonds. The lowest BCUT2D eigenvalue weighted by Gasteiger charge is -2.11. The van der Waals surface area contributed by atoms with E-state index in [0.717, 1.165) is 6.92 Å². The minimum Gasteiger partial charge on any atom is -0.478 e. The number of hydrazone groups is 2. The number of rotatable bonds is 12. The first-order chi connectivity index (χ1) is 22.4. The smallest absolute Gasteiger partial charge is 0.337 e. The number of halogens is 2. The maximum atomic E-state index is 12.8. The molecule has 0 radical (unpaired) electrons. The van der Waals surface area contributed by atoms with Crippen LogP contribution in [0.25, 0.3) is 11.1 Å². The van der Waals surface area contributed by atoms with Crippen LogP contribution in [-0.2, 0) is 19.2 Å². The SMILES string of the molecule is CC(=O)/C(=N/Nc1ccc(-c2ccc(N/N=C(/C(C)=O)C(=O)Nc3ccccc3C(=O)O)c(Cl)c2)cc1Cl)C(=O)Nc1ccccc1. The van der Waals surface area contributed by atoms with Crippen LogP contribution >= 0.6 is 23.2 Å². The Morgan fingerprint density at radius 3 is 1.53 bits per heavy atom. The lowest BCUT2D eigenvalue weighted by Crippen LogP contribution is -2.30. The first-order valence-corrected chi connectivity index (χ1v) is 14.5. The van der Waals surface area contributed by atoms with Crippen molar-refractivity contribution in [2.45, 2.75) is 13.8 Å². The summed E-state index contributed by atoms with van der Waals surface area (Å²) in [5.74, 6) is -4.07. The topological polar surface area (TPSA) is 178 Å². The van der Waals surface area contributed by atoms with Crippen LogP contribution < -0.4 is 21.5 Å². The molecule has 47 heavy (non-hydrogen) atoms. The van der Waals surface area contributed by atoms with E-state index in [9.17, 15) is 29.1 Å². The van der Waals surface area contributed by atoms with Crippen molar-refractivity contribution in [2.24, 2.45) is 10.2 Å². The Bertz CT molecular complexity index is 1950. The van der Waals surface area contributed by atoms with Crippen molar-refractivity contribution in [3.05, 3.63) is 107 Å². The Balaban J connectivity index is 1.47. The Morgan fingerprint density at radius 2 is 1.06 bits per heavy atom. The molecule has 0 saturated heterocycles. The number of benzene rings is 4. The Labute approximate surface area is 278 Å². The average molecular weight is 674 g/mol. The van der Waals surface area contributed by atoms with Gasteiger partial charge in [0, 0.05) is 19.5 Å². The van der Waals surface area contributed by atoms with Crippen molar-refractivity contribution in [1.82, 2.24) is 0 Å². The number of nitrogens with zero attached hydrogens (tertiary/aromatic N) is 2. The van der Waals surface area contributed by atoms with E-state index in [1.807, 2.05) is 0 Å². The molecule has 0 bridgehead atoms. The molecular formula is C33H26Cl2N6O6. The molecule has 12 nitrogen and oxygen atoms in total. The molecule has 0 heterocycles. The molecule has 238 valence electrons. The minimum absolute atomic E-state index is 0.000802. The average Bonchev–Trinajstić information content (AvgIpc) is 3.03. The van der Waals surface area contributed by atoms with E-state index in [-0.39, 0.29) is 32.7 Å². The van der Waals surface area contributed by atoms with Crippen molar-refractivity contribution in [2.75, 3.05) is 21.5 Å². The van der Waals surface area contributed by atoms with Crippen LogP contribution in [0.5, 0.6) is 0 Å². The molecule has 4 rings (SSSR count). The number of amides is 2. The van der Waals surface area contributed by atoms with Gasteiger partial charge in [0.2, 0.25) is 0 Å². The van der Waals surface area contributed by atoms with Gasteiger partial charge in [0.05, 0.1) is 32.7 Å². The normalized spacial score (nSPS) is 11.3. The Morgan fingerprint density at radius 1 is 0.596 bits per heavy atom. The quantitative estimate of drug-likeness (QED) is 0.0656. The Kier molecular flexibility index (Phi) is 11.2. The lowest BCUT2D eigenvalue weighted by atomic mass is 10.0. The summed E-state index contributed by atoms with van der Waals surface area (Å²) >= 11 is 12.9. The fourth-order valence-corrected chi connectivity index (χ4v) is 4.50. The van der Waals surface area contributed by atoms with Gasteiger partial charge in [0.25, 0.3) is 11.8 Å². The number of carboxylic acids is 1. The number of ketones is 2. The molecule has 0 spiro atoms. The van der Waals surface area contributed by atoms with Crippen LogP contribution in [0.3, 0.4) is 0 Å². The third-order valence-electron chi connectivity index (χ3n) is 6.38. The van der Waals surface area contributed by atoms with Crippen LogP contribution in [-0.4, -0.2) is 45.9 Å². The second-order valence-corrected chi connectivity index (χ2v) is 10.6. The van der Waals surface area contributed by atoms with Gasteiger partial charge < -0.3 is 15.7 Å². The molecule has 14 heteroatoms. The summed E-state index contributed by atoms with van der Waals surface area (Å²) < 4.78 is 0. The van der Waals surface area contributed by atoms with Gasteiger partial charge in [-0.2, -0.15) is 10.2 Å². The predicted octanol–water partition coefficient (Wildman–Crippen LogP) is 6.35. The van der Waals surface area contributed by atoms with E-state index >= 15 is 0 Å². The van der Waals surface area contributed by atoms with E-state index in [1.165, 1.54) is 31.2 Å². The summed E-state index contributed by atoms with van der Waals surface area (Å²) in [7, 11) is 0. The summed E-state index contributed by atoms with van der Waals surface area (Å²) in [6, 6.07) is 24.2. The van der Waals surface area contributed by atoms with Gasteiger partial charge >= 0.3 is 5.97 Å². The molecule has 4 aromatic carbocycles. The summed E-state index contributed by atoms with van der Waals surface area (Å²) in [5.41, 5.74) is 6.70. The predicted molar refractivity (Wildman–Crippen MR) is 182 cm³/mol. The van der Waals surface area contributed by atoms with Gasteiger partial charge in [-0.3, -0.25) is 30.0 Å². The summed E-state index contributed by atoms with van der Waals surface area (Å²) in [5, 5.41) is 22.7. The zero-order valence-corrected chi connectivity index (χ0v) is 26.3. The van der Waals surface area contributed by atoms with Gasteiger partial charge in [-0.25, -0.2) is 4.79 Å². The highest BCUT2D eigenvalue weighted by molar-refractivity contribution is 6.67. The van der Waals surface area contributed by atoms with E-state index in [0.29, 0.717) is 22.5 Å². The zero-order valence-electron chi connectivity index (χ0n) is 24.8. The van der Waals surface area contributed by atoms with Crippen LogP contribution in [0.4, 0.5) is 22.7 Å². The molecule has 0 aromatic heterocycles. The highest BCUT2D eigenvalue weighted by atomic mass is 35.5. The first kappa shape index (κ1) is 34.0. The molecular weight excluding hydrogens is 647 g/mol. The number of carbonyl (C=O) groups is 5. The number of carboxylic acid groups (broad SMARTS) is 1. The summed E-state index contributed by atoms with van der Waals surface area (Å²) in [4.78, 5) is 61.1. The highest BCUT2D eigenvalue weighted by Gasteiger charge is 2.20. The summed E-state index contributed by atoms with van der Waals surface area (Å²) in [6.07, 6.45) is 0. The molecule has 0 unspecified atom stereocenters. The van der Waals surface area contributed by atoms with Crippen molar-refractivity contribution in [3.8, 4) is 11.1 Å². The molecule has 0 atom stereocenters. The third kappa shape index (κ3) is 8.87. The number of Topliss-reactive ketones (excluding diaryl/α,β-unsaturated/α-hetero) is 2. The summed E-state index contributed by atoms with van der Waals surface area (Å²) in [6.45, 7) is 2.36. The fraction of sp³-hybridized carbons (Fsp3) is 0.0606. The second kappa shape index (κ2) is 15.4. The largest absolute Gasteiger partial charge is 0.478 e. The maximum Gasteiger partial charge on any atom is 0.337 e. The molecule has 0 aliphatic heterocycles. The maximum absolute atomic E-state index is 12.8. The third-order valence-corrected chi connectivity index (χ3v) is 7.01. The van der Waals surface area contributed by atoms with E-state index < -0.39 is 35.1 Å². The molecule has 0 fully saturated rings. The number of aromatic carboxylic acids is 1. The molecule has 0 aliphatic rings. The van der Waals surface area contributed by atoms with Gasteiger partial charge in [0.15, 0.2) is 23.0 Å². The first-order valence-electron chi connectivity index (χ1n) is 13.7. The minimum atomic E-state index is -1.25. The number of hydrogen-bond acceptors (Lipinski definition) is 9. The van der Waals surface area contributed by atoms with E-state index in [1.54, 1.807) is 66.7 Å². The van der Waals surface area contributed by atoms with Gasteiger partial charge in [0.1, 0.15) is 0 Å². The van der Waals surface area contributed by atoms with E-state index in [2.05, 4.69) is 31.7 Å². The van der Waals surface area contributed by atoms with Crippen LogP contribution in [0.2, 0.25) is 10.0 Å². The monoisotopic (exact) mass is 672 g/mol. The van der Waals surface area contributed by atoms with Crippen LogP contribution in [0.1, 0.15) is 24.2 Å². The molecule has 0 aliphatic carbocycles. The number of nitrogens with one attached hydrogen (secondary N) is 4. The van der Waals surface area contributed by atoms with Gasteiger partial charge in [-0.05, 0) is 59.7 Å². The number of carbonyl (C=O) groups excluding carboxylic acids is 4. The Hall–Kier alpha value is -5.85. The molecule has 0 saturated carbocycles. The number of hydrogen-bond donors (Lipinski definition) is 5. The molecule has 4 aromatic rings. The van der Waals surface area contributed by atoms with Gasteiger partial charge in [-0.15, -0.1) is 0 Å². The molecule has 5 N–H and O–H groups in total. The van der Waals surface area contributed by atoms with Crippen LogP contribution in [0, 0.1) is 0 Å². The standard InChI is InChI=1S/C33H26Cl2N6O6/c1-18(42)29(31(44)36-22-8-4-3-5-9-22)40-38-27-14-12-20(16-24(27)34)21-13-15-28(25(35)17-21)39-41-30(19(2)43)32(45)37-26-11-7-6-10-23(26)33(46)47/h3-17,38-39H,1-2H3,(H,36,44)(H,37,45)(H,46,47)/b40-29-,41-30-. The van der Waals surface area contributed by atoms with Crippen molar-refractivity contribution in [3.63, 3.8) is 0 Å². The van der Waals surface area contributed by atoms with Crippen LogP contribution in [0.15, 0.2) is 101 Å². The van der Waals surface area contributed by atoms with E-state index in [4.69, 9.17) is 23.2 Å². The van der Waals surface area contributed by atoms with Crippen molar-refractivity contribution < 1.29 is 29.1 Å².